The first kappa shape index (κ1) is 14.8. The quantitative estimate of drug-likeness (QED) is 0.880. The molecule has 1 atom stereocenters. The lowest BCUT2D eigenvalue weighted by Crippen LogP contribution is -2.29. The van der Waals surface area contributed by atoms with E-state index in [9.17, 15) is 0 Å². The summed E-state index contributed by atoms with van der Waals surface area (Å²) >= 11 is 0. The smallest absolute Gasteiger partial charge is 0.152 e. The van der Waals surface area contributed by atoms with E-state index in [1.807, 2.05) is 10.7 Å². The zero-order valence-corrected chi connectivity index (χ0v) is 12.8. The highest BCUT2D eigenvalue weighted by Crippen LogP contribution is 2.24. The molecule has 0 aromatic carbocycles. The predicted molar refractivity (Wildman–Crippen MR) is 83.1 cm³/mol. The third kappa shape index (κ3) is 3.28. The lowest BCUT2D eigenvalue weighted by atomic mass is 9.92. The van der Waals surface area contributed by atoms with Crippen molar-refractivity contribution in [2.45, 2.75) is 52.0 Å². The Hall–Kier alpha value is -1.62. The third-order valence-electron chi connectivity index (χ3n) is 3.35. The maximum Gasteiger partial charge on any atom is 0.152 e. The van der Waals surface area contributed by atoms with Crippen molar-refractivity contribution in [3.63, 3.8) is 0 Å². The fourth-order valence-corrected chi connectivity index (χ4v) is 2.13. The molecule has 2 rings (SSSR count). The molecule has 2 aromatic rings. The summed E-state index contributed by atoms with van der Waals surface area (Å²) in [6, 6.07) is 2.26. The zero-order chi connectivity index (χ0) is 14.8. The third-order valence-corrected chi connectivity index (χ3v) is 3.35. The van der Waals surface area contributed by atoms with Crippen LogP contribution in [-0.4, -0.2) is 27.2 Å². The zero-order valence-electron chi connectivity index (χ0n) is 12.8. The lowest BCUT2D eigenvalue weighted by Gasteiger charge is -2.13. The van der Waals surface area contributed by atoms with Crippen LogP contribution in [0.5, 0.6) is 0 Å². The molecule has 0 aliphatic rings. The number of rotatable bonds is 5. The Morgan fingerprint density at radius 3 is 2.80 bits per heavy atom. The second-order valence-electron chi connectivity index (χ2n) is 6.31. The van der Waals surface area contributed by atoms with E-state index in [0.29, 0.717) is 0 Å². The predicted octanol–water partition coefficient (Wildman–Crippen LogP) is 2.57. The molecule has 0 spiro atoms. The van der Waals surface area contributed by atoms with Gasteiger partial charge in [0, 0.05) is 30.4 Å². The van der Waals surface area contributed by atoms with Gasteiger partial charge < -0.3 is 11.1 Å². The highest BCUT2D eigenvalue weighted by atomic mass is 15.2. The second kappa shape index (κ2) is 5.79. The van der Waals surface area contributed by atoms with E-state index >= 15 is 0 Å². The standard InChI is InChI=1S/C15H25N5/c1-5-6-11(16)10-18-14-12-9-13(15(2,3)4)19-20(12)8-7-17-14/h7-9,11H,5-6,10,16H2,1-4H3,(H,17,18). The van der Waals surface area contributed by atoms with Gasteiger partial charge in [-0.25, -0.2) is 9.50 Å². The summed E-state index contributed by atoms with van der Waals surface area (Å²) in [5, 5.41) is 7.95. The molecule has 0 saturated carbocycles. The van der Waals surface area contributed by atoms with Crippen molar-refractivity contribution < 1.29 is 0 Å². The molecule has 110 valence electrons. The van der Waals surface area contributed by atoms with Gasteiger partial charge in [0.2, 0.25) is 0 Å². The molecule has 0 aliphatic heterocycles. The number of anilines is 1. The van der Waals surface area contributed by atoms with Crippen LogP contribution in [0, 0.1) is 0 Å². The van der Waals surface area contributed by atoms with Crippen molar-refractivity contribution in [1.82, 2.24) is 14.6 Å². The lowest BCUT2D eigenvalue weighted by molar-refractivity contribution is 0.562. The van der Waals surface area contributed by atoms with Gasteiger partial charge in [0.25, 0.3) is 0 Å². The van der Waals surface area contributed by atoms with E-state index in [1.54, 1.807) is 6.20 Å². The first-order chi connectivity index (χ1) is 9.41. The summed E-state index contributed by atoms with van der Waals surface area (Å²) in [4.78, 5) is 4.41. The molecule has 0 radical (unpaired) electrons. The molecule has 0 aliphatic carbocycles. The fourth-order valence-electron chi connectivity index (χ4n) is 2.13. The van der Waals surface area contributed by atoms with E-state index in [0.717, 1.165) is 36.4 Å². The number of nitrogens with one attached hydrogen (secondary N) is 1. The normalized spacial score (nSPS) is 13.7. The Labute approximate surface area is 120 Å². The molecule has 1 unspecified atom stereocenters. The van der Waals surface area contributed by atoms with Gasteiger partial charge >= 0.3 is 0 Å². The van der Waals surface area contributed by atoms with Gasteiger partial charge in [0.05, 0.1) is 5.69 Å². The van der Waals surface area contributed by atoms with Crippen molar-refractivity contribution in [3.05, 3.63) is 24.2 Å². The fraction of sp³-hybridized carbons (Fsp3) is 0.600. The second-order valence-corrected chi connectivity index (χ2v) is 6.31. The Kier molecular flexibility index (Phi) is 4.28. The molecule has 2 aromatic heterocycles. The number of hydrogen-bond acceptors (Lipinski definition) is 4. The number of nitrogens with zero attached hydrogens (tertiary/aromatic N) is 3. The van der Waals surface area contributed by atoms with E-state index in [-0.39, 0.29) is 11.5 Å². The van der Waals surface area contributed by atoms with E-state index in [4.69, 9.17) is 5.73 Å². The van der Waals surface area contributed by atoms with Crippen LogP contribution in [0.1, 0.15) is 46.2 Å². The number of fused-ring (bicyclic) bond motifs is 1. The molecule has 2 heterocycles. The average molecular weight is 275 g/mol. The minimum absolute atomic E-state index is 0.0297. The van der Waals surface area contributed by atoms with Crippen molar-refractivity contribution in [1.29, 1.82) is 0 Å². The summed E-state index contributed by atoms with van der Waals surface area (Å²) in [6.07, 6.45) is 5.76. The highest BCUT2D eigenvalue weighted by molar-refractivity contribution is 5.68. The first-order valence-electron chi connectivity index (χ1n) is 7.26. The van der Waals surface area contributed by atoms with E-state index in [2.05, 4.69) is 49.2 Å². The van der Waals surface area contributed by atoms with Crippen LogP contribution in [0.25, 0.3) is 5.52 Å². The largest absolute Gasteiger partial charge is 0.367 e. The van der Waals surface area contributed by atoms with Crippen LogP contribution in [0.4, 0.5) is 5.82 Å². The number of nitrogens with two attached hydrogens (primary N) is 1. The molecule has 0 amide bonds. The molecule has 5 heteroatoms. The summed E-state index contributed by atoms with van der Waals surface area (Å²) in [5.41, 5.74) is 8.13. The van der Waals surface area contributed by atoms with Gasteiger partial charge in [-0.3, -0.25) is 0 Å². The van der Waals surface area contributed by atoms with Crippen LogP contribution in [0.15, 0.2) is 18.5 Å². The van der Waals surface area contributed by atoms with Crippen molar-refractivity contribution >= 4 is 11.3 Å². The van der Waals surface area contributed by atoms with Crippen LogP contribution >= 0.6 is 0 Å². The van der Waals surface area contributed by atoms with Gasteiger partial charge in [0.1, 0.15) is 5.52 Å². The van der Waals surface area contributed by atoms with Crippen molar-refractivity contribution in [2.24, 2.45) is 5.73 Å². The molecular formula is C15H25N5. The number of aromatic nitrogens is 3. The van der Waals surface area contributed by atoms with Crippen LogP contribution in [-0.2, 0) is 5.41 Å². The summed E-state index contributed by atoms with van der Waals surface area (Å²) < 4.78 is 1.88. The molecule has 5 nitrogen and oxygen atoms in total. The summed E-state index contributed by atoms with van der Waals surface area (Å²) in [7, 11) is 0. The minimum Gasteiger partial charge on any atom is -0.367 e. The SMILES string of the molecule is CCCC(N)CNc1nccn2nc(C(C)(C)C)cc12. The Balaban J connectivity index is 2.23. The molecule has 3 N–H and O–H groups in total. The van der Waals surface area contributed by atoms with Crippen molar-refractivity contribution in [2.75, 3.05) is 11.9 Å². The highest BCUT2D eigenvalue weighted by Gasteiger charge is 2.19. The average Bonchev–Trinajstić information content (AvgIpc) is 2.81. The van der Waals surface area contributed by atoms with Crippen LogP contribution in [0.2, 0.25) is 0 Å². The Morgan fingerprint density at radius 1 is 1.40 bits per heavy atom. The maximum absolute atomic E-state index is 6.04. The van der Waals surface area contributed by atoms with Gasteiger partial charge in [-0.15, -0.1) is 0 Å². The minimum atomic E-state index is 0.0297. The maximum atomic E-state index is 6.04. The van der Waals surface area contributed by atoms with Crippen LogP contribution in [0.3, 0.4) is 0 Å². The van der Waals surface area contributed by atoms with E-state index in [1.165, 1.54) is 0 Å². The molecular weight excluding hydrogens is 250 g/mol. The van der Waals surface area contributed by atoms with Gasteiger partial charge in [-0.2, -0.15) is 5.10 Å². The van der Waals surface area contributed by atoms with Gasteiger partial charge in [-0.1, -0.05) is 34.1 Å². The monoisotopic (exact) mass is 275 g/mol. The first-order valence-corrected chi connectivity index (χ1v) is 7.26. The molecule has 0 fully saturated rings. The van der Waals surface area contributed by atoms with Gasteiger partial charge in [0.15, 0.2) is 5.82 Å². The van der Waals surface area contributed by atoms with Crippen LogP contribution < -0.4 is 11.1 Å². The molecule has 0 saturated heterocycles. The van der Waals surface area contributed by atoms with Gasteiger partial charge in [-0.05, 0) is 12.5 Å². The molecule has 20 heavy (non-hydrogen) atoms. The number of hydrogen-bond donors (Lipinski definition) is 2. The van der Waals surface area contributed by atoms with E-state index < -0.39 is 0 Å². The topological polar surface area (TPSA) is 68.2 Å². The van der Waals surface area contributed by atoms with Crippen molar-refractivity contribution in [3.8, 4) is 0 Å². The summed E-state index contributed by atoms with van der Waals surface area (Å²) in [6.45, 7) is 9.35. The Morgan fingerprint density at radius 2 is 2.15 bits per heavy atom. The Bertz CT molecular complexity index is 567. The molecule has 0 bridgehead atoms. The summed E-state index contributed by atoms with van der Waals surface area (Å²) in [5.74, 6) is 0.849.